The normalized spacial score (nSPS) is 16.1. The molecular weight excluding hydrogens is 338 g/mol. The largest absolute Gasteiger partial charge is 0.444 e. The molecule has 4 rings (SSSR count). The molecule has 1 unspecified atom stereocenters. The maximum absolute atomic E-state index is 12.0. The SMILES string of the molecule is CCCc1cc(=O)oc2c(C)c3c(cc12)C[NH+](CCc1ccccc1)CO3. The second-order valence-electron chi connectivity index (χ2n) is 7.41. The third kappa shape index (κ3) is 3.62. The van der Waals surface area contributed by atoms with Crippen LogP contribution >= 0.6 is 0 Å². The minimum Gasteiger partial charge on any atom is -0.444 e. The zero-order chi connectivity index (χ0) is 18.8. The Morgan fingerprint density at radius 3 is 2.70 bits per heavy atom. The molecule has 0 saturated heterocycles. The third-order valence-corrected chi connectivity index (χ3v) is 5.37. The summed E-state index contributed by atoms with van der Waals surface area (Å²) in [5, 5.41) is 1.06. The van der Waals surface area contributed by atoms with E-state index in [0.717, 1.165) is 54.6 Å². The van der Waals surface area contributed by atoms with Gasteiger partial charge in [-0.3, -0.25) is 4.90 Å². The standard InChI is InChI=1S/C23H25NO3/c1-3-7-18-13-21(25)27-23-16(2)22-19(12-20(18)23)14-24(15-26-22)11-10-17-8-5-4-6-9-17/h4-6,8-9,12-13H,3,7,10-11,14-15H2,1-2H3/p+1. The van der Waals surface area contributed by atoms with Crippen LogP contribution in [0.5, 0.6) is 5.75 Å². The molecule has 1 aliphatic rings. The molecule has 0 aliphatic carbocycles. The minimum atomic E-state index is -0.278. The second kappa shape index (κ2) is 7.57. The van der Waals surface area contributed by atoms with Crippen molar-refractivity contribution in [3.05, 3.63) is 75.1 Å². The van der Waals surface area contributed by atoms with Crippen LogP contribution in [0.1, 0.15) is 35.6 Å². The maximum Gasteiger partial charge on any atom is 0.336 e. The average Bonchev–Trinajstić information content (AvgIpc) is 2.68. The first-order valence-electron chi connectivity index (χ1n) is 9.75. The predicted octanol–water partition coefficient (Wildman–Crippen LogP) is 3.03. The number of rotatable bonds is 5. The molecule has 140 valence electrons. The Hall–Kier alpha value is -2.59. The van der Waals surface area contributed by atoms with E-state index in [0.29, 0.717) is 12.3 Å². The summed E-state index contributed by atoms with van der Waals surface area (Å²) in [6, 6.07) is 14.4. The minimum absolute atomic E-state index is 0.278. The molecule has 4 nitrogen and oxygen atoms in total. The van der Waals surface area contributed by atoms with Crippen molar-refractivity contribution in [2.45, 2.75) is 39.7 Å². The van der Waals surface area contributed by atoms with Crippen LogP contribution in [0.25, 0.3) is 11.0 Å². The highest BCUT2D eigenvalue weighted by Gasteiger charge is 2.25. The Labute approximate surface area is 159 Å². The van der Waals surface area contributed by atoms with Gasteiger partial charge in [-0.2, -0.15) is 0 Å². The average molecular weight is 364 g/mol. The summed E-state index contributed by atoms with van der Waals surface area (Å²) in [5.41, 5.74) is 4.99. The number of ether oxygens (including phenoxy) is 1. The van der Waals surface area contributed by atoms with E-state index in [4.69, 9.17) is 9.15 Å². The molecule has 27 heavy (non-hydrogen) atoms. The maximum atomic E-state index is 12.0. The highest BCUT2D eigenvalue weighted by molar-refractivity contribution is 5.86. The van der Waals surface area contributed by atoms with Crippen molar-refractivity contribution < 1.29 is 14.1 Å². The van der Waals surface area contributed by atoms with Crippen molar-refractivity contribution in [2.75, 3.05) is 13.3 Å². The highest BCUT2D eigenvalue weighted by Crippen LogP contribution is 2.33. The lowest BCUT2D eigenvalue weighted by atomic mass is 9.98. The van der Waals surface area contributed by atoms with Crippen LogP contribution < -0.4 is 15.3 Å². The summed E-state index contributed by atoms with van der Waals surface area (Å²) in [5.74, 6) is 0.891. The van der Waals surface area contributed by atoms with Crippen LogP contribution in [0.3, 0.4) is 0 Å². The van der Waals surface area contributed by atoms with Gasteiger partial charge in [0.05, 0.1) is 6.54 Å². The molecule has 1 atom stereocenters. The van der Waals surface area contributed by atoms with Gasteiger partial charge in [0.15, 0.2) is 0 Å². The summed E-state index contributed by atoms with van der Waals surface area (Å²) < 4.78 is 11.6. The molecule has 4 heteroatoms. The van der Waals surface area contributed by atoms with Crippen LogP contribution in [0.2, 0.25) is 0 Å². The summed E-state index contributed by atoms with van der Waals surface area (Å²) in [6.45, 7) is 6.74. The van der Waals surface area contributed by atoms with Crippen LogP contribution in [-0.4, -0.2) is 13.3 Å². The van der Waals surface area contributed by atoms with Crippen molar-refractivity contribution in [3.63, 3.8) is 0 Å². The van der Waals surface area contributed by atoms with Crippen molar-refractivity contribution in [3.8, 4) is 5.75 Å². The first kappa shape index (κ1) is 17.8. The van der Waals surface area contributed by atoms with Gasteiger partial charge in [0.25, 0.3) is 0 Å². The van der Waals surface area contributed by atoms with Gasteiger partial charge in [-0.05, 0) is 30.5 Å². The van der Waals surface area contributed by atoms with Crippen LogP contribution in [-0.2, 0) is 19.4 Å². The molecule has 1 N–H and O–H groups in total. The van der Waals surface area contributed by atoms with Gasteiger partial charge in [0.1, 0.15) is 17.9 Å². The van der Waals surface area contributed by atoms with Crippen molar-refractivity contribution in [1.29, 1.82) is 0 Å². The van der Waals surface area contributed by atoms with Crippen LogP contribution in [0.4, 0.5) is 0 Å². The molecule has 2 heterocycles. The Kier molecular flexibility index (Phi) is 4.99. The molecule has 1 aromatic heterocycles. The van der Waals surface area contributed by atoms with E-state index in [9.17, 15) is 4.79 Å². The lowest BCUT2D eigenvalue weighted by Crippen LogP contribution is -3.12. The number of quaternary nitrogens is 1. The summed E-state index contributed by atoms with van der Waals surface area (Å²) in [7, 11) is 0. The molecule has 0 amide bonds. The lowest BCUT2D eigenvalue weighted by Gasteiger charge is -2.27. The van der Waals surface area contributed by atoms with Gasteiger partial charge in [-0.15, -0.1) is 0 Å². The van der Waals surface area contributed by atoms with Crippen molar-refractivity contribution in [2.24, 2.45) is 0 Å². The molecule has 0 fully saturated rings. The first-order chi connectivity index (χ1) is 13.2. The van der Waals surface area contributed by atoms with E-state index >= 15 is 0 Å². The van der Waals surface area contributed by atoms with Gasteiger partial charge in [0, 0.05) is 29.0 Å². The van der Waals surface area contributed by atoms with E-state index in [1.165, 1.54) is 16.0 Å². The first-order valence-corrected chi connectivity index (χ1v) is 9.75. The monoisotopic (exact) mass is 364 g/mol. The Balaban J connectivity index is 1.63. The van der Waals surface area contributed by atoms with E-state index in [-0.39, 0.29) is 5.63 Å². The van der Waals surface area contributed by atoms with E-state index in [2.05, 4.69) is 43.3 Å². The zero-order valence-electron chi connectivity index (χ0n) is 16.0. The number of hydrogen-bond acceptors (Lipinski definition) is 3. The van der Waals surface area contributed by atoms with Crippen molar-refractivity contribution in [1.82, 2.24) is 0 Å². The number of benzene rings is 2. The number of fused-ring (bicyclic) bond motifs is 2. The molecular formula is C23H26NO3+. The fourth-order valence-electron chi connectivity index (χ4n) is 4.00. The topological polar surface area (TPSA) is 43.9 Å². The molecule has 2 aromatic carbocycles. The van der Waals surface area contributed by atoms with Gasteiger partial charge in [-0.1, -0.05) is 43.7 Å². The summed E-state index contributed by atoms with van der Waals surface area (Å²) >= 11 is 0. The Morgan fingerprint density at radius 2 is 1.93 bits per heavy atom. The van der Waals surface area contributed by atoms with Gasteiger partial charge >= 0.3 is 5.63 Å². The van der Waals surface area contributed by atoms with Crippen LogP contribution in [0, 0.1) is 6.92 Å². The molecule has 3 aromatic rings. The molecule has 0 bridgehead atoms. The smallest absolute Gasteiger partial charge is 0.336 e. The third-order valence-electron chi connectivity index (χ3n) is 5.37. The number of nitrogens with one attached hydrogen (secondary N) is 1. The number of aryl methyl sites for hydroxylation is 2. The van der Waals surface area contributed by atoms with Gasteiger partial charge in [0.2, 0.25) is 6.73 Å². The van der Waals surface area contributed by atoms with E-state index < -0.39 is 0 Å². The zero-order valence-corrected chi connectivity index (χ0v) is 16.0. The molecule has 0 saturated carbocycles. The van der Waals surface area contributed by atoms with Gasteiger partial charge < -0.3 is 9.15 Å². The highest BCUT2D eigenvalue weighted by atomic mass is 16.5. The molecule has 1 aliphatic heterocycles. The fourth-order valence-corrected chi connectivity index (χ4v) is 4.00. The summed E-state index contributed by atoms with van der Waals surface area (Å²) in [4.78, 5) is 13.4. The predicted molar refractivity (Wildman–Crippen MR) is 106 cm³/mol. The van der Waals surface area contributed by atoms with Gasteiger partial charge in [-0.25, -0.2) is 4.79 Å². The van der Waals surface area contributed by atoms with E-state index in [1.54, 1.807) is 6.07 Å². The van der Waals surface area contributed by atoms with E-state index in [1.807, 2.05) is 6.92 Å². The lowest BCUT2D eigenvalue weighted by molar-refractivity contribution is -0.932. The Bertz CT molecular complexity index is 1010. The second-order valence-corrected chi connectivity index (χ2v) is 7.41. The Morgan fingerprint density at radius 1 is 1.11 bits per heavy atom. The van der Waals surface area contributed by atoms with Crippen molar-refractivity contribution >= 4 is 11.0 Å². The quantitative estimate of drug-likeness (QED) is 0.708. The summed E-state index contributed by atoms with van der Waals surface area (Å²) in [6.07, 6.45) is 2.92. The number of hydrogen-bond donors (Lipinski definition) is 1. The molecule has 0 radical (unpaired) electrons. The fraction of sp³-hybridized carbons (Fsp3) is 0.348. The molecule has 0 spiro atoms. The van der Waals surface area contributed by atoms with Crippen LogP contribution in [0.15, 0.2) is 51.7 Å².